The van der Waals surface area contributed by atoms with Crippen LogP contribution in [0.4, 0.5) is 8.78 Å². The van der Waals surface area contributed by atoms with Crippen LogP contribution >= 0.6 is 0 Å². The van der Waals surface area contributed by atoms with Crippen LogP contribution in [0, 0.1) is 11.6 Å². The van der Waals surface area contributed by atoms with Gasteiger partial charge in [0, 0.05) is 13.1 Å². The van der Waals surface area contributed by atoms with Crippen LogP contribution in [-0.4, -0.2) is 36.9 Å². The Bertz CT molecular complexity index is 1010. The number of carbonyl (C=O) groups is 1. The van der Waals surface area contributed by atoms with Gasteiger partial charge in [-0.3, -0.25) is 10.0 Å². The van der Waals surface area contributed by atoms with Crippen LogP contribution < -0.4 is 10.2 Å². The van der Waals surface area contributed by atoms with Crippen LogP contribution in [0.15, 0.2) is 54.6 Å². The summed E-state index contributed by atoms with van der Waals surface area (Å²) in [5.74, 6) is -1.90. The lowest BCUT2D eigenvalue weighted by Gasteiger charge is -2.28. The van der Waals surface area contributed by atoms with Crippen molar-refractivity contribution in [2.24, 2.45) is 0 Å². The highest BCUT2D eigenvalue weighted by atomic mass is 32.2. The van der Waals surface area contributed by atoms with Crippen molar-refractivity contribution in [2.45, 2.75) is 12.5 Å². The molecule has 29 heavy (non-hydrogen) atoms. The van der Waals surface area contributed by atoms with Crippen molar-refractivity contribution in [3.8, 4) is 0 Å². The Morgan fingerprint density at radius 1 is 1.03 bits per heavy atom. The molecule has 1 heterocycles. The molecular formula is C19H19F2N3O4S. The Kier molecular flexibility index (Phi) is 6.38. The molecule has 0 radical (unpaired) electrons. The molecule has 7 nitrogen and oxygen atoms in total. The number of rotatable bonds is 6. The summed E-state index contributed by atoms with van der Waals surface area (Å²) in [7, 11) is -4.10. The predicted octanol–water partition coefficient (Wildman–Crippen LogP) is 2.13. The molecule has 1 aliphatic heterocycles. The SMILES string of the molecule is O=C(NO)C(NS(=O)(=O)N1CC=C(c2ccc(F)cc2)CC1)c1ccc(F)cc1. The summed E-state index contributed by atoms with van der Waals surface area (Å²) in [5.41, 5.74) is 3.28. The standard InChI is InChI=1S/C19H19F2N3O4S/c20-16-5-1-13(2-6-16)14-9-11-24(12-10-14)29(27,28)23-18(19(25)22-26)15-3-7-17(21)8-4-15/h1-9,18,23,26H,10-12H2,(H,22,25). The maximum atomic E-state index is 13.1. The van der Waals surface area contributed by atoms with Gasteiger partial charge in [0.25, 0.3) is 16.1 Å². The zero-order valence-electron chi connectivity index (χ0n) is 15.2. The number of nitrogens with one attached hydrogen (secondary N) is 2. The van der Waals surface area contributed by atoms with Crippen molar-refractivity contribution >= 4 is 21.7 Å². The highest BCUT2D eigenvalue weighted by Crippen LogP contribution is 2.24. The van der Waals surface area contributed by atoms with E-state index in [2.05, 4.69) is 4.72 Å². The zero-order chi connectivity index (χ0) is 21.0. The van der Waals surface area contributed by atoms with Crippen molar-refractivity contribution < 1.29 is 27.2 Å². The number of amides is 1. The van der Waals surface area contributed by atoms with Gasteiger partial charge < -0.3 is 0 Å². The van der Waals surface area contributed by atoms with E-state index in [4.69, 9.17) is 5.21 Å². The quantitative estimate of drug-likeness (QED) is 0.490. The molecular weight excluding hydrogens is 404 g/mol. The summed E-state index contributed by atoms with van der Waals surface area (Å²) < 4.78 is 55.1. The third-order valence-corrected chi connectivity index (χ3v) is 6.11. The van der Waals surface area contributed by atoms with Crippen LogP contribution in [0.3, 0.4) is 0 Å². The largest absolute Gasteiger partial charge is 0.289 e. The van der Waals surface area contributed by atoms with Crippen molar-refractivity contribution in [1.82, 2.24) is 14.5 Å². The fourth-order valence-corrected chi connectivity index (χ4v) is 4.30. The predicted molar refractivity (Wildman–Crippen MR) is 102 cm³/mol. The molecule has 2 aromatic rings. The maximum absolute atomic E-state index is 13.1. The number of hydrogen-bond acceptors (Lipinski definition) is 4. The Hall–Kier alpha value is -2.66. The van der Waals surface area contributed by atoms with Crippen LogP contribution in [0.25, 0.3) is 5.57 Å². The van der Waals surface area contributed by atoms with Crippen molar-refractivity contribution in [3.63, 3.8) is 0 Å². The topological polar surface area (TPSA) is 98.7 Å². The first-order valence-corrected chi connectivity index (χ1v) is 10.2. The molecule has 0 spiro atoms. The van der Waals surface area contributed by atoms with E-state index < -0.39 is 28.0 Å². The molecule has 0 aromatic heterocycles. The van der Waals surface area contributed by atoms with E-state index in [0.717, 1.165) is 27.6 Å². The van der Waals surface area contributed by atoms with Gasteiger partial charge in [-0.1, -0.05) is 30.3 Å². The monoisotopic (exact) mass is 423 g/mol. The van der Waals surface area contributed by atoms with E-state index >= 15 is 0 Å². The normalized spacial score (nSPS) is 16.2. The van der Waals surface area contributed by atoms with E-state index in [1.165, 1.54) is 29.7 Å². The average molecular weight is 423 g/mol. The van der Waals surface area contributed by atoms with Crippen molar-refractivity contribution in [2.75, 3.05) is 13.1 Å². The molecule has 0 saturated carbocycles. The first-order valence-electron chi connectivity index (χ1n) is 8.72. The van der Waals surface area contributed by atoms with Gasteiger partial charge in [0.2, 0.25) is 0 Å². The lowest BCUT2D eigenvalue weighted by molar-refractivity contribution is -0.131. The molecule has 2 aromatic carbocycles. The van der Waals surface area contributed by atoms with Gasteiger partial charge in [0.05, 0.1) is 0 Å². The van der Waals surface area contributed by atoms with E-state index in [1.807, 2.05) is 0 Å². The average Bonchev–Trinajstić information content (AvgIpc) is 2.73. The van der Waals surface area contributed by atoms with Crippen LogP contribution in [0.2, 0.25) is 0 Å². The number of halogens is 2. The second-order valence-corrected chi connectivity index (χ2v) is 8.13. The summed E-state index contributed by atoms with van der Waals surface area (Å²) >= 11 is 0. The summed E-state index contributed by atoms with van der Waals surface area (Å²) in [6.45, 7) is 0.203. The molecule has 0 saturated heterocycles. The highest BCUT2D eigenvalue weighted by molar-refractivity contribution is 7.87. The number of nitrogens with zero attached hydrogens (tertiary/aromatic N) is 1. The lowest BCUT2D eigenvalue weighted by atomic mass is 10.0. The number of hydroxylamine groups is 1. The third-order valence-electron chi connectivity index (χ3n) is 4.57. The number of carbonyl (C=O) groups excluding carboxylic acids is 1. The Morgan fingerprint density at radius 2 is 1.62 bits per heavy atom. The van der Waals surface area contributed by atoms with Gasteiger partial charge in [-0.05, 0) is 47.4 Å². The summed E-state index contributed by atoms with van der Waals surface area (Å²) in [4.78, 5) is 12.0. The molecule has 0 fully saturated rings. The van der Waals surface area contributed by atoms with Crippen molar-refractivity contribution in [1.29, 1.82) is 0 Å². The van der Waals surface area contributed by atoms with E-state index in [9.17, 15) is 22.0 Å². The van der Waals surface area contributed by atoms with Gasteiger partial charge in [-0.25, -0.2) is 14.3 Å². The minimum atomic E-state index is -4.10. The summed E-state index contributed by atoms with van der Waals surface area (Å²) in [5, 5.41) is 8.95. The molecule has 1 aliphatic rings. The van der Waals surface area contributed by atoms with Gasteiger partial charge in [-0.15, -0.1) is 0 Å². The Labute approximate surface area is 166 Å². The van der Waals surface area contributed by atoms with E-state index in [-0.39, 0.29) is 24.5 Å². The lowest BCUT2D eigenvalue weighted by Crippen LogP contribution is -2.47. The third kappa shape index (κ3) is 5.04. The van der Waals surface area contributed by atoms with Gasteiger partial charge in [0.15, 0.2) is 0 Å². The van der Waals surface area contributed by atoms with Crippen LogP contribution in [0.5, 0.6) is 0 Å². The second kappa shape index (κ2) is 8.78. The molecule has 1 unspecified atom stereocenters. The maximum Gasteiger partial charge on any atom is 0.280 e. The first-order chi connectivity index (χ1) is 13.8. The first kappa shape index (κ1) is 21.1. The Balaban J connectivity index is 1.76. The molecule has 154 valence electrons. The number of hydrogen-bond donors (Lipinski definition) is 3. The summed E-state index contributed by atoms with van der Waals surface area (Å²) in [6, 6.07) is 9.15. The second-order valence-electron chi connectivity index (χ2n) is 6.43. The molecule has 10 heteroatoms. The molecule has 0 bridgehead atoms. The number of benzene rings is 2. The minimum Gasteiger partial charge on any atom is -0.289 e. The molecule has 0 aliphatic carbocycles. The van der Waals surface area contributed by atoms with Crippen LogP contribution in [-0.2, 0) is 15.0 Å². The van der Waals surface area contributed by atoms with E-state index in [1.54, 1.807) is 18.2 Å². The fourth-order valence-electron chi connectivity index (χ4n) is 3.01. The smallest absolute Gasteiger partial charge is 0.280 e. The fraction of sp³-hybridized carbons (Fsp3) is 0.211. The van der Waals surface area contributed by atoms with Gasteiger partial charge >= 0.3 is 0 Å². The Morgan fingerprint density at radius 3 is 2.14 bits per heavy atom. The minimum absolute atomic E-state index is 0.0545. The van der Waals surface area contributed by atoms with Gasteiger partial charge in [-0.2, -0.15) is 17.4 Å². The molecule has 3 N–H and O–H groups in total. The molecule has 1 amide bonds. The molecule has 1 atom stereocenters. The molecule has 3 rings (SSSR count). The van der Waals surface area contributed by atoms with Gasteiger partial charge in [0.1, 0.15) is 17.7 Å². The van der Waals surface area contributed by atoms with Crippen LogP contribution in [0.1, 0.15) is 23.6 Å². The van der Waals surface area contributed by atoms with E-state index in [0.29, 0.717) is 6.42 Å². The van der Waals surface area contributed by atoms with Crippen molar-refractivity contribution in [3.05, 3.63) is 77.4 Å². The summed E-state index contributed by atoms with van der Waals surface area (Å²) in [6.07, 6.45) is 2.12. The highest BCUT2D eigenvalue weighted by Gasteiger charge is 2.31. The zero-order valence-corrected chi connectivity index (χ0v) is 16.0.